The van der Waals surface area contributed by atoms with E-state index in [0.717, 1.165) is 0 Å². The first-order chi connectivity index (χ1) is 7.21. The van der Waals surface area contributed by atoms with Crippen LogP contribution in [0.4, 0.5) is 11.4 Å². The third-order valence-electron chi connectivity index (χ3n) is 1.60. The Hall–Kier alpha value is -1.07. The van der Waals surface area contributed by atoms with Crippen LogP contribution < -0.4 is 29.6 Å². The molecule has 0 bridgehead atoms. The SMILES string of the molecule is O=[N+]([O-])c1cc([N+](=O)[O-])cc(S(=O)(=O)O)c1.[H-].[Na+]. The van der Waals surface area contributed by atoms with E-state index in [2.05, 4.69) is 0 Å². The van der Waals surface area contributed by atoms with Crippen molar-refractivity contribution < 1.29 is 53.8 Å². The number of nitro benzene ring substituents is 2. The molecule has 0 amide bonds. The van der Waals surface area contributed by atoms with Crippen LogP contribution in [-0.4, -0.2) is 22.8 Å². The molecule has 0 heterocycles. The average Bonchev–Trinajstić information content (AvgIpc) is 2.15. The summed E-state index contributed by atoms with van der Waals surface area (Å²) in [5, 5.41) is 20.7. The molecule has 0 atom stereocenters. The van der Waals surface area contributed by atoms with E-state index in [1.54, 1.807) is 0 Å². The fourth-order valence-electron chi connectivity index (χ4n) is 0.928. The number of nitrogens with zero attached hydrogens (tertiary/aromatic N) is 2. The molecule has 0 aliphatic rings. The molecule has 1 N–H and O–H groups in total. The zero-order valence-electron chi connectivity index (χ0n) is 9.43. The van der Waals surface area contributed by atoms with Crippen LogP contribution in [-0.2, 0) is 10.1 Å². The molecule has 1 aromatic rings. The molecule has 0 unspecified atom stereocenters. The normalized spacial score (nSPS) is 10.4. The summed E-state index contributed by atoms with van der Waals surface area (Å²) in [4.78, 5) is 17.8. The Bertz CT molecular complexity index is 543. The van der Waals surface area contributed by atoms with Crippen molar-refractivity contribution in [2.75, 3.05) is 0 Å². The van der Waals surface area contributed by atoms with Crippen molar-refractivity contribution >= 4 is 21.5 Å². The standard InChI is InChI=1S/C6H4N2O7S.Na.H/c9-7(10)4-1-5(8(11)12)3-6(2-4)16(13,14)15;;/h1-3H,(H,13,14,15);;/q;+1;-1. The summed E-state index contributed by atoms with van der Waals surface area (Å²) in [6.45, 7) is 0. The second-order valence-corrected chi connectivity index (χ2v) is 4.10. The van der Waals surface area contributed by atoms with Gasteiger partial charge >= 0.3 is 29.6 Å². The Morgan fingerprint density at radius 2 is 1.41 bits per heavy atom. The van der Waals surface area contributed by atoms with E-state index in [9.17, 15) is 28.6 Å². The summed E-state index contributed by atoms with van der Waals surface area (Å²) < 4.78 is 30.0. The van der Waals surface area contributed by atoms with Crippen molar-refractivity contribution in [3.05, 3.63) is 38.4 Å². The van der Waals surface area contributed by atoms with Crippen LogP contribution in [0.5, 0.6) is 0 Å². The topological polar surface area (TPSA) is 141 Å². The van der Waals surface area contributed by atoms with Crippen LogP contribution in [0.3, 0.4) is 0 Å². The number of hydrogen-bond donors (Lipinski definition) is 1. The van der Waals surface area contributed by atoms with Crippen LogP contribution in [0.1, 0.15) is 1.43 Å². The van der Waals surface area contributed by atoms with E-state index in [1.165, 1.54) is 0 Å². The molecule has 0 saturated carbocycles. The number of benzene rings is 1. The van der Waals surface area contributed by atoms with Crippen LogP contribution in [0.15, 0.2) is 23.1 Å². The smallest absolute Gasteiger partial charge is 1.00 e. The van der Waals surface area contributed by atoms with Gasteiger partial charge in [-0.05, 0) is 0 Å². The Morgan fingerprint density at radius 1 is 1.06 bits per heavy atom. The van der Waals surface area contributed by atoms with E-state index >= 15 is 0 Å². The maximum atomic E-state index is 10.7. The number of nitro groups is 2. The Kier molecular flexibility index (Phi) is 5.16. The first-order valence-electron chi connectivity index (χ1n) is 3.63. The Morgan fingerprint density at radius 3 is 1.65 bits per heavy atom. The molecule has 0 radical (unpaired) electrons. The summed E-state index contributed by atoms with van der Waals surface area (Å²) in [6.07, 6.45) is 0. The minimum absolute atomic E-state index is 0. The van der Waals surface area contributed by atoms with Gasteiger partial charge in [-0.25, -0.2) is 0 Å². The van der Waals surface area contributed by atoms with Crippen molar-refractivity contribution in [3.8, 4) is 0 Å². The van der Waals surface area contributed by atoms with Crippen LogP contribution in [0.25, 0.3) is 0 Å². The minimum atomic E-state index is -4.72. The van der Waals surface area contributed by atoms with Crippen LogP contribution >= 0.6 is 0 Å². The molecular formula is C6H5N2NaO7S. The molecule has 0 aliphatic carbocycles. The monoisotopic (exact) mass is 272 g/mol. The molecule has 17 heavy (non-hydrogen) atoms. The van der Waals surface area contributed by atoms with Gasteiger partial charge in [0.15, 0.2) is 0 Å². The number of hydrogen-bond acceptors (Lipinski definition) is 6. The third-order valence-corrected chi connectivity index (χ3v) is 2.43. The van der Waals surface area contributed by atoms with Crippen molar-refractivity contribution in [2.24, 2.45) is 0 Å². The molecule has 0 saturated heterocycles. The van der Waals surface area contributed by atoms with Crippen molar-refractivity contribution in [2.45, 2.75) is 4.90 Å². The fraction of sp³-hybridized carbons (Fsp3) is 0. The number of rotatable bonds is 3. The molecular weight excluding hydrogens is 267 g/mol. The van der Waals surface area contributed by atoms with E-state index in [1.807, 2.05) is 0 Å². The maximum absolute atomic E-state index is 10.7. The molecule has 0 aromatic heterocycles. The molecule has 0 aliphatic heterocycles. The van der Waals surface area contributed by atoms with E-state index in [-0.39, 0.29) is 31.0 Å². The maximum Gasteiger partial charge on any atom is 1.00 e. The van der Waals surface area contributed by atoms with Gasteiger partial charge in [0.25, 0.3) is 21.5 Å². The summed E-state index contributed by atoms with van der Waals surface area (Å²) >= 11 is 0. The molecule has 1 aromatic carbocycles. The summed E-state index contributed by atoms with van der Waals surface area (Å²) in [5.74, 6) is 0. The molecule has 0 spiro atoms. The van der Waals surface area contributed by atoms with Gasteiger partial charge in [0.05, 0.1) is 15.9 Å². The zero-order valence-corrected chi connectivity index (χ0v) is 11.2. The van der Waals surface area contributed by atoms with Gasteiger partial charge in [-0.2, -0.15) is 8.42 Å². The van der Waals surface area contributed by atoms with E-state index < -0.39 is 36.2 Å². The molecule has 11 heteroatoms. The quantitative estimate of drug-likeness (QED) is 0.286. The molecule has 88 valence electrons. The van der Waals surface area contributed by atoms with E-state index in [0.29, 0.717) is 18.2 Å². The fourth-order valence-corrected chi connectivity index (χ4v) is 1.47. The van der Waals surface area contributed by atoms with Gasteiger partial charge < -0.3 is 1.43 Å². The molecule has 0 fully saturated rings. The van der Waals surface area contributed by atoms with Gasteiger partial charge in [0.2, 0.25) is 0 Å². The van der Waals surface area contributed by atoms with Crippen molar-refractivity contribution in [3.63, 3.8) is 0 Å². The minimum Gasteiger partial charge on any atom is -1.00 e. The number of non-ortho nitro benzene ring substituents is 2. The third kappa shape index (κ3) is 4.02. The average molecular weight is 272 g/mol. The van der Waals surface area contributed by atoms with Crippen LogP contribution in [0, 0.1) is 20.2 Å². The Balaban J connectivity index is 0. The second kappa shape index (κ2) is 5.51. The van der Waals surface area contributed by atoms with Gasteiger partial charge in [-0.1, -0.05) is 0 Å². The van der Waals surface area contributed by atoms with E-state index in [4.69, 9.17) is 4.55 Å². The van der Waals surface area contributed by atoms with Crippen LogP contribution in [0.2, 0.25) is 0 Å². The summed E-state index contributed by atoms with van der Waals surface area (Å²) in [5.41, 5.74) is -1.58. The summed E-state index contributed by atoms with van der Waals surface area (Å²) in [7, 11) is -4.72. The second-order valence-electron chi connectivity index (χ2n) is 2.67. The first-order valence-corrected chi connectivity index (χ1v) is 5.07. The molecule has 9 nitrogen and oxygen atoms in total. The predicted octanol–water partition coefficient (Wildman–Crippen LogP) is -2.13. The largest absolute Gasteiger partial charge is 1.00 e. The molecule has 1 rings (SSSR count). The van der Waals surface area contributed by atoms with Crippen molar-refractivity contribution in [1.82, 2.24) is 0 Å². The van der Waals surface area contributed by atoms with Gasteiger partial charge in [-0.3, -0.25) is 24.8 Å². The van der Waals surface area contributed by atoms with Gasteiger partial charge in [0.1, 0.15) is 4.90 Å². The van der Waals surface area contributed by atoms with Gasteiger partial charge in [0, 0.05) is 12.1 Å². The Labute approximate surface area is 118 Å². The predicted molar refractivity (Wildman–Crippen MR) is 50.7 cm³/mol. The summed E-state index contributed by atoms with van der Waals surface area (Å²) in [6, 6.07) is 1.65. The van der Waals surface area contributed by atoms with Crippen molar-refractivity contribution in [1.29, 1.82) is 0 Å². The van der Waals surface area contributed by atoms with Gasteiger partial charge in [-0.15, -0.1) is 0 Å². The zero-order chi connectivity index (χ0) is 12.5. The first kappa shape index (κ1) is 15.9.